The van der Waals surface area contributed by atoms with Gasteiger partial charge in [-0.3, -0.25) is 9.89 Å². The van der Waals surface area contributed by atoms with Crippen LogP contribution in [-0.4, -0.2) is 55.4 Å². The zero-order valence-electron chi connectivity index (χ0n) is 15.3. The van der Waals surface area contributed by atoms with E-state index in [-0.39, 0.29) is 29.9 Å². The van der Waals surface area contributed by atoms with Crippen molar-refractivity contribution in [3.8, 4) is 0 Å². The summed E-state index contributed by atoms with van der Waals surface area (Å²) in [5, 5.41) is 10.3. The molecule has 1 fully saturated rings. The molecule has 26 heavy (non-hydrogen) atoms. The first-order valence-corrected chi connectivity index (χ1v) is 8.46. The number of rotatable bonds is 6. The van der Waals surface area contributed by atoms with Crippen LogP contribution in [0.2, 0.25) is 0 Å². The van der Waals surface area contributed by atoms with Crippen molar-refractivity contribution in [2.24, 2.45) is 10.9 Å². The van der Waals surface area contributed by atoms with Crippen molar-refractivity contribution in [1.29, 1.82) is 0 Å². The third kappa shape index (κ3) is 7.68. The Balaban J connectivity index is 0.00000338. The number of nitrogens with zero attached hydrogens (tertiary/aromatic N) is 3. The molecule has 2 rings (SSSR count). The highest BCUT2D eigenvalue weighted by atomic mass is 127. The molecule has 0 aromatic carbocycles. The van der Waals surface area contributed by atoms with Crippen LogP contribution < -0.4 is 10.6 Å². The molecule has 1 saturated heterocycles. The molecule has 0 radical (unpaired) electrons. The Morgan fingerprint density at radius 1 is 1.42 bits per heavy atom. The number of likely N-dealkylation sites (tertiary alicyclic amines) is 1. The molecule has 0 saturated carbocycles. The van der Waals surface area contributed by atoms with Gasteiger partial charge in [0.2, 0.25) is 0 Å². The second-order valence-corrected chi connectivity index (χ2v) is 6.68. The van der Waals surface area contributed by atoms with Crippen LogP contribution in [0.15, 0.2) is 15.6 Å². The summed E-state index contributed by atoms with van der Waals surface area (Å²) in [6.45, 7) is 5.21. The topological polar surface area (TPSA) is 65.7 Å². The lowest BCUT2D eigenvalue weighted by Crippen LogP contribution is -2.40. The summed E-state index contributed by atoms with van der Waals surface area (Å²) < 4.78 is 42.5. The van der Waals surface area contributed by atoms with E-state index in [0.29, 0.717) is 43.8 Å². The molecule has 150 valence electrons. The summed E-state index contributed by atoms with van der Waals surface area (Å²) in [4.78, 5) is 5.57. The molecule has 6 nitrogen and oxygen atoms in total. The highest BCUT2D eigenvalue weighted by molar-refractivity contribution is 14.0. The molecule has 0 bridgehead atoms. The molecular formula is C16H27F3IN5O. The van der Waals surface area contributed by atoms with E-state index < -0.39 is 12.7 Å². The molecule has 1 aliphatic heterocycles. The van der Waals surface area contributed by atoms with Crippen LogP contribution in [0.4, 0.5) is 13.2 Å². The summed E-state index contributed by atoms with van der Waals surface area (Å²) in [6, 6.07) is 1.90. The van der Waals surface area contributed by atoms with E-state index in [0.717, 1.165) is 12.1 Å². The van der Waals surface area contributed by atoms with Crippen LogP contribution >= 0.6 is 24.0 Å². The Kier molecular flexibility index (Phi) is 9.14. The summed E-state index contributed by atoms with van der Waals surface area (Å²) >= 11 is 0. The maximum Gasteiger partial charge on any atom is 0.401 e. The van der Waals surface area contributed by atoms with Gasteiger partial charge in [0.15, 0.2) is 11.7 Å². The molecule has 2 N–H and O–H groups in total. The first-order chi connectivity index (χ1) is 11.8. The number of aromatic nitrogens is 1. The maximum atomic E-state index is 12.4. The van der Waals surface area contributed by atoms with Crippen molar-refractivity contribution < 1.29 is 17.7 Å². The third-order valence-electron chi connectivity index (χ3n) is 4.15. The lowest BCUT2D eigenvalue weighted by atomic mass is 10.1. The fourth-order valence-corrected chi connectivity index (χ4v) is 2.79. The largest absolute Gasteiger partial charge is 0.401 e. The van der Waals surface area contributed by atoms with Crippen molar-refractivity contribution in [3.63, 3.8) is 0 Å². The van der Waals surface area contributed by atoms with Crippen LogP contribution in [-0.2, 0) is 6.54 Å². The third-order valence-corrected chi connectivity index (χ3v) is 4.15. The predicted molar refractivity (Wildman–Crippen MR) is 105 cm³/mol. The molecule has 0 aliphatic carbocycles. The Morgan fingerprint density at radius 3 is 2.73 bits per heavy atom. The molecule has 1 atom stereocenters. The van der Waals surface area contributed by atoms with Gasteiger partial charge in [-0.25, -0.2) is 0 Å². The molecule has 10 heteroatoms. The molecule has 0 amide bonds. The summed E-state index contributed by atoms with van der Waals surface area (Å²) in [7, 11) is 1.65. The standard InChI is InChI=1S/C16H26F3N5O.HI/c1-11(2)14-6-13(25-23-14)8-22-15(20-3)21-7-12-4-5-24(9-12)10-16(17,18)19;/h6,11-12H,4-5,7-10H2,1-3H3,(H2,20,21,22);1H. The van der Waals surface area contributed by atoms with E-state index in [2.05, 4.69) is 20.8 Å². The number of nitrogens with one attached hydrogen (secondary N) is 2. The fourth-order valence-electron chi connectivity index (χ4n) is 2.79. The highest BCUT2D eigenvalue weighted by Crippen LogP contribution is 2.22. The van der Waals surface area contributed by atoms with Gasteiger partial charge in [-0.2, -0.15) is 13.2 Å². The van der Waals surface area contributed by atoms with E-state index in [1.807, 2.05) is 19.9 Å². The SMILES string of the molecule is CN=C(NCc1cc(C(C)C)no1)NCC1CCN(CC(F)(F)F)C1.I. The van der Waals surface area contributed by atoms with E-state index in [9.17, 15) is 13.2 Å². The van der Waals surface area contributed by atoms with Gasteiger partial charge in [-0.05, 0) is 24.8 Å². The Labute approximate surface area is 169 Å². The second-order valence-electron chi connectivity index (χ2n) is 6.68. The number of alkyl halides is 3. The molecule has 1 aliphatic rings. The van der Waals surface area contributed by atoms with Gasteiger partial charge in [0.05, 0.1) is 18.8 Å². The van der Waals surface area contributed by atoms with Crippen LogP contribution in [0.5, 0.6) is 0 Å². The number of hydrogen-bond donors (Lipinski definition) is 2. The summed E-state index contributed by atoms with van der Waals surface area (Å²) in [6.07, 6.45) is -3.38. The number of halogens is 4. The van der Waals surface area contributed by atoms with Crippen LogP contribution in [0, 0.1) is 5.92 Å². The van der Waals surface area contributed by atoms with Gasteiger partial charge < -0.3 is 15.2 Å². The average Bonchev–Trinajstić information content (AvgIpc) is 3.15. The summed E-state index contributed by atoms with van der Waals surface area (Å²) in [5.41, 5.74) is 0.899. The van der Waals surface area contributed by atoms with E-state index >= 15 is 0 Å². The average molecular weight is 489 g/mol. The molecule has 0 spiro atoms. The zero-order valence-corrected chi connectivity index (χ0v) is 17.6. The van der Waals surface area contributed by atoms with Crippen LogP contribution in [0.1, 0.15) is 37.6 Å². The van der Waals surface area contributed by atoms with E-state index in [1.165, 1.54) is 4.90 Å². The maximum absolute atomic E-state index is 12.4. The predicted octanol–water partition coefficient (Wildman–Crippen LogP) is 2.97. The smallest absolute Gasteiger partial charge is 0.359 e. The van der Waals surface area contributed by atoms with E-state index in [4.69, 9.17) is 4.52 Å². The number of guanidine groups is 1. The number of aliphatic imine (C=N–C) groups is 1. The first kappa shape index (κ1) is 23.0. The lowest BCUT2D eigenvalue weighted by Gasteiger charge is -2.18. The minimum Gasteiger partial charge on any atom is -0.359 e. The monoisotopic (exact) mass is 489 g/mol. The second kappa shape index (κ2) is 10.3. The Hall–Kier alpha value is -1.04. The zero-order chi connectivity index (χ0) is 18.4. The van der Waals surface area contributed by atoms with Crippen molar-refractivity contribution in [2.75, 3.05) is 33.2 Å². The van der Waals surface area contributed by atoms with Crippen LogP contribution in [0.3, 0.4) is 0 Å². The van der Waals surface area contributed by atoms with Crippen molar-refractivity contribution in [3.05, 3.63) is 17.5 Å². The number of hydrogen-bond acceptors (Lipinski definition) is 4. The Bertz CT molecular complexity index is 576. The van der Waals surface area contributed by atoms with Crippen molar-refractivity contribution in [1.82, 2.24) is 20.7 Å². The van der Waals surface area contributed by atoms with E-state index in [1.54, 1.807) is 7.05 Å². The Morgan fingerprint density at radius 2 is 2.15 bits per heavy atom. The van der Waals surface area contributed by atoms with Gasteiger partial charge in [0, 0.05) is 26.2 Å². The van der Waals surface area contributed by atoms with Gasteiger partial charge in [0.25, 0.3) is 0 Å². The van der Waals surface area contributed by atoms with Gasteiger partial charge in [0.1, 0.15) is 0 Å². The van der Waals surface area contributed by atoms with Crippen molar-refractivity contribution >= 4 is 29.9 Å². The molecule has 2 heterocycles. The molecule has 1 aromatic heterocycles. The quantitative estimate of drug-likeness (QED) is 0.366. The first-order valence-electron chi connectivity index (χ1n) is 8.46. The van der Waals surface area contributed by atoms with Crippen LogP contribution in [0.25, 0.3) is 0 Å². The molecule has 1 unspecified atom stereocenters. The minimum absolute atomic E-state index is 0. The fraction of sp³-hybridized carbons (Fsp3) is 0.750. The normalized spacial score (nSPS) is 18.9. The van der Waals surface area contributed by atoms with Gasteiger partial charge in [-0.1, -0.05) is 19.0 Å². The molecule has 1 aromatic rings. The molecular weight excluding hydrogens is 462 g/mol. The highest BCUT2D eigenvalue weighted by Gasteiger charge is 2.34. The minimum atomic E-state index is -4.13. The van der Waals surface area contributed by atoms with Gasteiger partial charge in [-0.15, -0.1) is 24.0 Å². The van der Waals surface area contributed by atoms with Gasteiger partial charge >= 0.3 is 6.18 Å². The van der Waals surface area contributed by atoms with Crippen molar-refractivity contribution in [2.45, 2.75) is 38.9 Å². The summed E-state index contributed by atoms with van der Waals surface area (Å²) in [5.74, 6) is 1.79. The lowest BCUT2D eigenvalue weighted by molar-refractivity contribution is -0.143.